The van der Waals surface area contributed by atoms with Gasteiger partial charge in [-0.3, -0.25) is 19.3 Å². The summed E-state index contributed by atoms with van der Waals surface area (Å²) in [7, 11) is 4.32. The van der Waals surface area contributed by atoms with Crippen molar-refractivity contribution in [1.29, 1.82) is 0 Å². The molecule has 2 unspecified atom stereocenters. The second-order valence-corrected chi connectivity index (χ2v) is 12.0. The fourth-order valence-electron chi connectivity index (χ4n) is 6.54. The van der Waals surface area contributed by atoms with E-state index in [0.29, 0.717) is 24.2 Å². The summed E-state index contributed by atoms with van der Waals surface area (Å²) < 4.78 is 0. The van der Waals surface area contributed by atoms with Crippen molar-refractivity contribution in [1.82, 2.24) is 14.8 Å². The van der Waals surface area contributed by atoms with Crippen molar-refractivity contribution in [2.24, 2.45) is 23.5 Å². The lowest BCUT2D eigenvalue weighted by molar-refractivity contribution is -0.140. The Morgan fingerprint density at radius 3 is 2.38 bits per heavy atom. The summed E-state index contributed by atoms with van der Waals surface area (Å²) in [4.78, 5) is 46.6. The number of nitrogens with one attached hydrogen (secondary N) is 1. The van der Waals surface area contributed by atoms with Crippen molar-refractivity contribution in [3.05, 3.63) is 59.8 Å². The van der Waals surface area contributed by atoms with Gasteiger partial charge in [-0.1, -0.05) is 62.9 Å². The molecule has 2 fully saturated rings. The predicted octanol–water partition coefficient (Wildman–Crippen LogP) is 4.81. The molecule has 0 spiro atoms. The predicted molar refractivity (Wildman–Crippen MR) is 157 cm³/mol. The molecular weight excluding hydrogens is 502 g/mol. The molecule has 3 atom stereocenters. The first-order chi connectivity index (χ1) is 19.2. The van der Waals surface area contributed by atoms with Gasteiger partial charge in [0.05, 0.1) is 12.1 Å². The lowest BCUT2D eigenvalue weighted by Gasteiger charge is -2.41. The van der Waals surface area contributed by atoms with Gasteiger partial charge < -0.3 is 16.0 Å². The molecule has 216 valence electrons. The minimum absolute atomic E-state index is 0.0289. The van der Waals surface area contributed by atoms with E-state index in [-0.39, 0.29) is 35.4 Å². The van der Waals surface area contributed by atoms with Crippen LogP contribution in [0.2, 0.25) is 0 Å². The molecule has 1 aliphatic heterocycles. The van der Waals surface area contributed by atoms with Gasteiger partial charge in [0.2, 0.25) is 17.7 Å². The number of hydrogen-bond donors (Lipinski definition) is 2. The van der Waals surface area contributed by atoms with E-state index in [0.717, 1.165) is 38.5 Å². The molecule has 2 aromatic rings. The van der Waals surface area contributed by atoms with Crippen LogP contribution in [0.3, 0.4) is 0 Å². The highest BCUT2D eigenvalue weighted by molar-refractivity contribution is 5.95. The van der Waals surface area contributed by atoms with Gasteiger partial charge in [-0.2, -0.15) is 0 Å². The molecule has 3 N–H and O–H groups in total. The third-order valence-corrected chi connectivity index (χ3v) is 9.27. The van der Waals surface area contributed by atoms with E-state index in [9.17, 15) is 14.4 Å². The number of anilines is 1. The quantitative estimate of drug-likeness (QED) is 0.493. The average molecular weight is 548 g/mol. The van der Waals surface area contributed by atoms with Crippen LogP contribution < -0.4 is 11.1 Å². The Morgan fingerprint density at radius 1 is 1.05 bits per heavy atom. The van der Waals surface area contributed by atoms with Crippen LogP contribution >= 0.6 is 0 Å². The second kappa shape index (κ2) is 13.4. The summed E-state index contributed by atoms with van der Waals surface area (Å²) in [6, 6.07) is 13.8. The minimum Gasteiger partial charge on any atom is -0.366 e. The minimum atomic E-state index is -0.575. The van der Waals surface area contributed by atoms with Crippen LogP contribution in [0.15, 0.2) is 48.7 Å². The zero-order valence-electron chi connectivity index (χ0n) is 24.3. The highest BCUT2D eigenvalue weighted by Gasteiger charge is 2.37. The number of amides is 3. The van der Waals surface area contributed by atoms with Crippen molar-refractivity contribution in [3.63, 3.8) is 0 Å². The first kappa shape index (κ1) is 29.7. The van der Waals surface area contributed by atoms with Crippen LogP contribution in [-0.2, 0) is 15.1 Å². The molecule has 8 nitrogen and oxygen atoms in total. The number of pyridine rings is 1. The maximum atomic E-state index is 13.9. The van der Waals surface area contributed by atoms with Gasteiger partial charge in [-0.15, -0.1) is 0 Å². The average Bonchev–Trinajstić information content (AvgIpc) is 2.93. The Morgan fingerprint density at radius 2 is 1.77 bits per heavy atom. The zero-order valence-corrected chi connectivity index (χ0v) is 24.3. The second-order valence-electron chi connectivity index (χ2n) is 12.0. The molecule has 0 radical (unpaired) electrons. The van der Waals surface area contributed by atoms with Crippen LogP contribution in [0.25, 0.3) is 0 Å². The Hall–Kier alpha value is -3.26. The summed E-state index contributed by atoms with van der Waals surface area (Å²) >= 11 is 0. The van der Waals surface area contributed by atoms with Crippen LogP contribution in [-0.4, -0.2) is 59.7 Å². The molecule has 0 bridgehead atoms. The Kier molecular flexibility index (Phi) is 9.95. The molecule has 1 aromatic heterocycles. The fourth-order valence-corrected chi connectivity index (χ4v) is 6.54. The first-order valence-corrected chi connectivity index (χ1v) is 14.8. The number of carbonyl (C=O) groups excluding carboxylic acids is 3. The number of aromatic nitrogens is 1. The van der Waals surface area contributed by atoms with E-state index >= 15 is 0 Å². The Balaban J connectivity index is 1.55. The number of primary amides is 1. The van der Waals surface area contributed by atoms with Crippen molar-refractivity contribution in [2.45, 2.75) is 70.3 Å². The van der Waals surface area contributed by atoms with Gasteiger partial charge in [0.15, 0.2) is 0 Å². The van der Waals surface area contributed by atoms with Crippen molar-refractivity contribution < 1.29 is 14.4 Å². The van der Waals surface area contributed by atoms with E-state index in [1.165, 1.54) is 37.1 Å². The Bertz CT molecular complexity index is 1150. The summed E-state index contributed by atoms with van der Waals surface area (Å²) in [5, 5.41) is 2.78. The summed E-state index contributed by atoms with van der Waals surface area (Å²) in [5.41, 5.74) is 6.75. The highest BCUT2D eigenvalue weighted by atomic mass is 16.2. The summed E-state index contributed by atoms with van der Waals surface area (Å²) in [6.45, 7) is 2.55. The van der Waals surface area contributed by atoms with Crippen LogP contribution in [0.4, 0.5) is 5.82 Å². The lowest BCUT2D eigenvalue weighted by atomic mass is 9.73. The first-order valence-electron chi connectivity index (χ1n) is 14.8. The van der Waals surface area contributed by atoms with Gasteiger partial charge in [0.1, 0.15) is 5.82 Å². The molecule has 1 saturated carbocycles. The molecule has 1 aromatic carbocycles. The standard InChI is InChI=1S/C32H45N5O3/c1-23-25(20-24-10-7-11-24)12-8-17-32(36(2)3,27-13-5-4-6-14-27)18-9-19-37(31(23)40)22-29(38)35-28-16-15-26(21-34-28)30(33)39/h4-6,13-16,21,23-25H,7-12,17-20,22H2,1-3H3,(H2,33,39)(H,34,35,38)/t23?,25?,32-/m1/s1. The fraction of sp³-hybridized carbons (Fsp3) is 0.562. The summed E-state index contributed by atoms with van der Waals surface area (Å²) in [5.74, 6) is 0.399. The van der Waals surface area contributed by atoms with Gasteiger partial charge in [0, 0.05) is 24.2 Å². The lowest BCUT2D eigenvalue weighted by Crippen LogP contribution is -2.44. The van der Waals surface area contributed by atoms with Crippen molar-refractivity contribution in [2.75, 3.05) is 32.5 Å². The molecule has 1 saturated heterocycles. The molecule has 3 amide bonds. The molecule has 4 rings (SSSR count). The topological polar surface area (TPSA) is 109 Å². The van der Waals surface area contributed by atoms with Gasteiger partial charge >= 0.3 is 0 Å². The van der Waals surface area contributed by atoms with Gasteiger partial charge in [-0.05, 0) is 75.7 Å². The zero-order chi connectivity index (χ0) is 28.7. The molecule has 8 heteroatoms. The Labute approximate surface area is 238 Å². The third kappa shape index (κ3) is 7.08. The van der Waals surface area contributed by atoms with Crippen LogP contribution in [0, 0.1) is 17.8 Å². The monoisotopic (exact) mass is 547 g/mol. The largest absolute Gasteiger partial charge is 0.366 e. The maximum Gasteiger partial charge on any atom is 0.250 e. The third-order valence-electron chi connectivity index (χ3n) is 9.27. The number of nitrogens with zero attached hydrogens (tertiary/aromatic N) is 3. The number of nitrogens with two attached hydrogens (primary N) is 1. The molecule has 40 heavy (non-hydrogen) atoms. The maximum absolute atomic E-state index is 13.9. The van der Waals surface area contributed by atoms with E-state index in [1.807, 2.05) is 0 Å². The molecule has 2 heterocycles. The van der Waals surface area contributed by atoms with E-state index in [4.69, 9.17) is 5.73 Å². The van der Waals surface area contributed by atoms with Gasteiger partial charge in [-0.25, -0.2) is 4.98 Å². The number of carbonyl (C=O) groups is 3. The molecular formula is C32H45N5O3. The van der Waals surface area contributed by atoms with Crippen molar-refractivity contribution >= 4 is 23.5 Å². The molecule has 1 aliphatic carbocycles. The van der Waals surface area contributed by atoms with E-state index < -0.39 is 5.91 Å². The highest BCUT2D eigenvalue weighted by Crippen LogP contribution is 2.41. The SMILES string of the molecule is CC1C(=O)N(CC(=O)Nc2ccc(C(N)=O)cn2)CCC[C@](c2ccccc2)(N(C)C)CCCC1CC1CCC1. The molecule has 2 aliphatic rings. The normalized spacial score (nSPS) is 24.7. The van der Waals surface area contributed by atoms with Gasteiger partial charge in [0.25, 0.3) is 0 Å². The van der Waals surface area contributed by atoms with Crippen LogP contribution in [0.1, 0.15) is 80.6 Å². The van der Waals surface area contributed by atoms with Crippen molar-refractivity contribution in [3.8, 4) is 0 Å². The smallest absolute Gasteiger partial charge is 0.250 e. The summed E-state index contributed by atoms with van der Waals surface area (Å²) in [6.07, 6.45) is 11.0. The number of rotatable bonds is 8. The number of benzene rings is 1. The number of hydrogen-bond acceptors (Lipinski definition) is 5. The van der Waals surface area contributed by atoms with E-state index in [1.54, 1.807) is 11.0 Å². The van der Waals surface area contributed by atoms with Crippen LogP contribution in [0.5, 0.6) is 0 Å². The van der Waals surface area contributed by atoms with E-state index in [2.05, 4.69) is 66.6 Å².